The fourth-order valence-electron chi connectivity index (χ4n) is 1.79. The molecular formula is C20H25BrN2O6. The highest BCUT2D eigenvalue weighted by molar-refractivity contribution is 9.10. The Morgan fingerprint density at radius 1 is 0.966 bits per heavy atom. The Labute approximate surface area is 178 Å². The average molecular weight is 469 g/mol. The third-order valence-corrected chi connectivity index (χ3v) is 4.02. The van der Waals surface area contributed by atoms with Gasteiger partial charge in [-0.05, 0) is 70.3 Å². The SMILES string of the molecule is CCOC(=O)c1noc(Br)c1C.CCOC(=O)c1noc(C#CC(C)(C)C)c1C. The first kappa shape index (κ1) is 24.4. The van der Waals surface area contributed by atoms with Crippen molar-refractivity contribution in [3.05, 3.63) is 32.9 Å². The summed E-state index contributed by atoms with van der Waals surface area (Å²) in [6, 6.07) is 0. The van der Waals surface area contributed by atoms with Gasteiger partial charge in [-0.2, -0.15) is 0 Å². The number of carbonyl (C=O) groups is 2. The molecule has 9 heteroatoms. The number of esters is 2. The Balaban J connectivity index is 0.000000308. The first-order valence-electron chi connectivity index (χ1n) is 8.97. The van der Waals surface area contributed by atoms with Gasteiger partial charge in [-0.25, -0.2) is 9.59 Å². The third kappa shape index (κ3) is 7.38. The number of halogens is 1. The van der Waals surface area contributed by atoms with Crippen LogP contribution in [0.3, 0.4) is 0 Å². The van der Waals surface area contributed by atoms with Crippen LogP contribution in [-0.4, -0.2) is 35.5 Å². The average Bonchev–Trinajstić information content (AvgIpc) is 3.16. The monoisotopic (exact) mass is 468 g/mol. The summed E-state index contributed by atoms with van der Waals surface area (Å²) in [5, 5.41) is 7.22. The normalized spacial score (nSPS) is 10.3. The van der Waals surface area contributed by atoms with E-state index >= 15 is 0 Å². The van der Waals surface area contributed by atoms with Gasteiger partial charge in [0.1, 0.15) is 0 Å². The minimum Gasteiger partial charge on any atom is -0.461 e. The molecule has 0 amide bonds. The summed E-state index contributed by atoms with van der Waals surface area (Å²) in [6.45, 7) is 13.6. The number of carbonyl (C=O) groups excluding carboxylic acids is 2. The molecule has 0 spiro atoms. The molecule has 0 aliphatic carbocycles. The lowest BCUT2D eigenvalue weighted by molar-refractivity contribution is 0.0504. The molecule has 0 aliphatic rings. The van der Waals surface area contributed by atoms with Gasteiger partial charge >= 0.3 is 11.9 Å². The van der Waals surface area contributed by atoms with Crippen LogP contribution in [0.5, 0.6) is 0 Å². The van der Waals surface area contributed by atoms with Crippen molar-refractivity contribution in [2.24, 2.45) is 5.41 Å². The lowest BCUT2D eigenvalue weighted by atomic mass is 9.98. The topological polar surface area (TPSA) is 105 Å². The first-order chi connectivity index (χ1) is 13.5. The van der Waals surface area contributed by atoms with Crippen LogP contribution in [0.15, 0.2) is 13.7 Å². The minimum absolute atomic E-state index is 0.122. The van der Waals surface area contributed by atoms with Gasteiger partial charge in [-0.15, -0.1) is 0 Å². The quantitative estimate of drug-likeness (QED) is 0.477. The van der Waals surface area contributed by atoms with Crippen LogP contribution < -0.4 is 0 Å². The van der Waals surface area contributed by atoms with Crippen molar-refractivity contribution < 1.29 is 28.1 Å². The zero-order valence-electron chi connectivity index (χ0n) is 17.6. The van der Waals surface area contributed by atoms with Gasteiger partial charge in [-0.3, -0.25) is 0 Å². The van der Waals surface area contributed by atoms with Gasteiger partial charge in [0.2, 0.25) is 10.4 Å². The second-order valence-electron chi connectivity index (χ2n) is 6.86. The molecule has 0 aliphatic heterocycles. The maximum Gasteiger partial charge on any atom is 0.360 e. The Morgan fingerprint density at radius 3 is 1.86 bits per heavy atom. The summed E-state index contributed by atoms with van der Waals surface area (Å²) in [5.74, 6) is 5.40. The summed E-state index contributed by atoms with van der Waals surface area (Å²) in [7, 11) is 0. The summed E-state index contributed by atoms with van der Waals surface area (Å²) in [5.41, 5.74) is 1.59. The highest BCUT2D eigenvalue weighted by Crippen LogP contribution is 2.19. The van der Waals surface area contributed by atoms with Gasteiger partial charge in [0.15, 0.2) is 11.4 Å². The highest BCUT2D eigenvalue weighted by atomic mass is 79.9. The van der Waals surface area contributed by atoms with E-state index < -0.39 is 11.9 Å². The van der Waals surface area contributed by atoms with E-state index in [0.717, 1.165) is 0 Å². The molecule has 0 N–H and O–H groups in total. The van der Waals surface area contributed by atoms with Gasteiger partial charge in [0.25, 0.3) is 0 Å². The van der Waals surface area contributed by atoms with Crippen LogP contribution in [-0.2, 0) is 9.47 Å². The van der Waals surface area contributed by atoms with Crippen LogP contribution in [0.4, 0.5) is 0 Å². The molecule has 0 radical (unpaired) electrons. The summed E-state index contributed by atoms with van der Waals surface area (Å²) >= 11 is 3.10. The molecule has 8 nitrogen and oxygen atoms in total. The van der Waals surface area contributed by atoms with Gasteiger partial charge in [-0.1, -0.05) is 16.2 Å². The molecule has 158 valence electrons. The fourth-order valence-corrected chi connectivity index (χ4v) is 2.05. The molecule has 0 unspecified atom stereocenters. The predicted octanol–water partition coefficient (Wildman–Crippen LogP) is 4.48. The van der Waals surface area contributed by atoms with E-state index in [1.807, 2.05) is 20.8 Å². The molecule has 0 aromatic carbocycles. The van der Waals surface area contributed by atoms with E-state index in [9.17, 15) is 9.59 Å². The molecule has 2 aromatic rings. The van der Waals surface area contributed by atoms with Gasteiger partial charge in [0.05, 0.1) is 13.2 Å². The lowest BCUT2D eigenvalue weighted by Crippen LogP contribution is -2.06. The third-order valence-electron chi connectivity index (χ3n) is 3.28. The van der Waals surface area contributed by atoms with Crippen molar-refractivity contribution in [1.82, 2.24) is 10.3 Å². The Bertz CT molecular complexity index is 912. The zero-order chi connectivity index (χ0) is 22.2. The van der Waals surface area contributed by atoms with Crippen molar-refractivity contribution in [3.8, 4) is 11.8 Å². The summed E-state index contributed by atoms with van der Waals surface area (Å²) in [6.07, 6.45) is 0. The second-order valence-corrected chi connectivity index (χ2v) is 7.58. The molecule has 2 rings (SSSR count). The van der Waals surface area contributed by atoms with Crippen LogP contribution in [0.1, 0.15) is 72.5 Å². The lowest BCUT2D eigenvalue weighted by Gasteiger charge is -2.06. The first-order valence-corrected chi connectivity index (χ1v) is 9.76. The van der Waals surface area contributed by atoms with Crippen molar-refractivity contribution in [2.75, 3.05) is 13.2 Å². The molecular weight excluding hydrogens is 444 g/mol. The number of rotatable bonds is 4. The highest BCUT2D eigenvalue weighted by Gasteiger charge is 2.19. The maximum absolute atomic E-state index is 11.5. The number of hydrogen-bond acceptors (Lipinski definition) is 8. The Morgan fingerprint density at radius 2 is 1.45 bits per heavy atom. The van der Waals surface area contributed by atoms with E-state index in [4.69, 9.17) is 18.5 Å². The predicted molar refractivity (Wildman–Crippen MR) is 108 cm³/mol. The smallest absolute Gasteiger partial charge is 0.360 e. The number of hydrogen-bond donors (Lipinski definition) is 0. The van der Waals surface area contributed by atoms with Crippen molar-refractivity contribution >= 4 is 27.9 Å². The number of aromatic nitrogens is 2. The van der Waals surface area contributed by atoms with Crippen LogP contribution in [0.2, 0.25) is 0 Å². The molecule has 29 heavy (non-hydrogen) atoms. The van der Waals surface area contributed by atoms with Crippen LogP contribution in [0.25, 0.3) is 0 Å². The van der Waals surface area contributed by atoms with Crippen LogP contribution >= 0.6 is 15.9 Å². The van der Waals surface area contributed by atoms with E-state index in [1.165, 1.54) is 0 Å². The molecule has 0 saturated heterocycles. The van der Waals surface area contributed by atoms with E-state index in [1.54, 1.807) is 27.7 Å². The van der Waals surface area contributed by atoms with E-state index in [2.05, 4.69) is 38.1 Å². The standard InChI is InChI=1S/C13H17NO3.C7H8BrNO3/c1-6-16-12(15)11-9(2)10(17-14-11)7-8-13(3,4)5;1-3-11-7(10)5-4(2)6(8)12-9-5/h6H2,1-5H3;3H2,1-2H3. The Kier molecular flexibility index (Phi) is 9.11. The van der Waals surface area contributed by atoms with Gasteiger partial charge in [0, 0.05) is 16.5 Å². The number of ether oxygens (including phenoxy) is 2. The van der Waals surface area contributed by atoms with E-state index in [-0.39, 0.29) is 16.8 Å². The second kappa shape index (κ2) is 10.8. The molecule has 0 fully saturated rings. The number of nitrogens with zero attached hydrogens (tertiary/aromatic N) is 2. The molecule has 0 saturated carbocycles. The molecule has 0 atom stereocenters. The maximum atomic E-state index is 11.5. The van der Waals surface area contributed by atoms with Gasteiger partial charge < -0.3 is 18.5 Å². The van der Waals surface area contributed by atoms with Crippen molar-refractivity contribution in [1.29, 1.82) is 0 Å². The summed E-state index contributed by atoms with van der Waals surface area (Å²) in [4.78, 5) is 22.6. The molecule has 2 heterocycles. The van der Waals surface area contributed by atoms with Crippen LogP contribution in [0, 0.1) is 31.1 Å². The van der Waals surface area contributed by atoms with Crippen molar-refractivity contribution in [3.63, 3.8) is 0 Å². The molecule has 0 bridgehead atoms. The summed E-state index contributed by atoms with van der Waals surface area (Å²) < 4.78 is 19.8. The largest absolute Gasteiger partial charge is 0.461 e. The molecule has 2 aromatic heterocycles. The fraction of sp³-hybridized carbons (Fsp3) is 0.500. The Hall–Kier alpha value is -2.60. The van der Waals surface area contributed by atoms with Crippen molar-refractivity contribution in [2.45, 2.75) is 48.5 Å². The minimum atomic E-state index is -0.474. The van der Waals surface area contributed by atoms with E-state index in [0.29, 0.717) is 34.8 Å². The zero-order valence-corrected chi connectivity index (χ0v) is 19.2.